The number of nitrogens with zero attached hydrogens (tertiary/aromatic N) is 1. The summed E-state index contributed by atoms with van der Waals surface area (Å²) < 4.78 is 5.95. The molecule has 0 bridgehead atoms. The van der Waals surface area contributed by atoms with Crippen LogP contribution >= 0.6 is 0 Å². The molecule has 0 radical (unpaired) electrons. The van der Waals surface area contributed by atoms with Gasteiger partial charge in [-0.15, -0.1) is 0 Å². The molecule has 6 heteroatoms. The Morgan fingerprint density at radius 1 is 1.32 bits per heavy atom. The topological polar surface area (TPSA) is 78.9 Å². The van der Waals surface area contributed by atoms with Crippen molar-refractivity contribution in [2.24, 2.45) is 0 Å². The second-order valence-electron chi connectivity index (χ2n) is 5.49. The molecule has 1 fully saturated rings. The lowest BCUT2D eigenvalue weighted by Crippen LogP contribution is -2.41. The molecule has 2 N–H and O–H groups in total. The van der Waals surface area contributed by atoms with Gasteiger partial charge in [0, 0.05) is 20.1 Å². The van der Waals surface area contributed by atoms with Gasteiger partial charge in [0.1, 0.15) is 0 Å². The molecule has 2 rings (SSSR count). The Hall–Kier alpha value is -2.08. The van der Waals surface area contributed by atoms with Crippen LogP contribution in [-0.2, 0) is 9.53 Å². The van der Waals surface area contributed by atoms with Crippen LogP contribution in [0.25, 0.3) is 0 Å². The van der Waals surface area contributed by atoms with E-state index in [0.29, 0.717) is 6.54 Å². The fraction of sp³-hybridized carbons (Fsp3) is 0.500. The van der Waals surface area contributed by atoms with Crippen LogP contribution < -0.4 is 5.32 Å². The Bertz CT molecular complexity index is 506. The first-order chi connectivity index (χ1) is 10.6. The Morgan fingerprint density at radius 2 is 2.05 bits per heavy atom. The van der Waals surface area contributed by atoms with Crippen LogP contribution in [0.2, 0.25) is 0 Å². The summed E-state index contributed by atoms with van der Waals surface area (Å²) in [5.41, 5.74) is 1.16. The van der Waals surface area contributed by atoms with Gasteiger partial charge in [-0.05, 0) is 18.4 Å². The molecule has 0 unspecified atom stereocenters. The molecule has 1 aliphatic heterocycles. The maximum absolute atomic E-state index is 11.8. The molecule has 0 saturated carbocycles. The van der Waals surface area contributed by atoms with E-state index in [4.69, 9.17) is 9.84 Å². The minimum absolute atomic E-state index is 0.00188. The summed E-state index contributed by atoms with van der Waals surface area (Å²) in [6.45, 7) is 0.638. The highest BCUT2D eigenvalue weighted by atomic mass is 16.5. The van der Waals surface area contributed by atoms with Gasteiger partial charge in [-0.25, -0.2) is 4.79 Å². The van der Waals surface area contributed by atoms with Gasteiger partial charge in [0.2, 0.25) is 0 Å². The number of hydrogen-bond acceptors (Lipinski definition) is 3. The van der Waals surface area contributed by atoms with Crippen LogP contribution in [0.15, 0.2) is 30.3 Å². The van der Waals surface area contributed by atoms with E-state index < -0.39 is 5.97 Å². The number of amides is 2. The number of carboxylic acid groups (broad SMARTS) is 1. The van der Waals surface area contributed by atoms with Crippen molar-refractivity contribution in [3.05, 3.63) is 35.9 Å². The molecule has 22 heavy (non-hydrogen) atoms. The molecule has 0 aromatic heterocycles. The molecule has 120 valence electrons. The van der Waals surface area contributed by atoms with Crippen molar-refractivity contribution < 1.29 is 19.4 Å². The van der Waals surface area contributed by atoms with E-state index in [2.05, 4.69) is 5.32 Å². The van der Waals surface area contributed by atoms with Gasteiger partial charge in [-0.1, -0.05) is 30.3 Å². The molecule has 1 aromatic carbocycles. The van der Waals surface area contributed by atoms with Crippen molar-refractivity contribution in [1.29, 1.82) is 0 Å². The summed E-state index contributed by atoms with van der Waals surface area (Å²) >= 11 is 0. The zero-order chi connectivity index (χ0) is 15.9. The molecule has 1 aromatic rings. The normalized spacial score (nSPS) is 20.6. The first-order valence-electron chi connectivity index (χ1n) is 7.47. The van der Waals surface area contributed by atoms with Crippen molar-refractivity contribution in [1.82, 2.24) is 10.2 Å². The molecular weight excluding hydrogens is 284 g/mol. The number of carbonyl (C=O) groups excluding carboxylic acids is 1. The average molecular weight is 306 g/mol. The molecule has 1 saturated heterocycles. The Morgan fingerprint density at radius 3 is 2.73 bits per heavy atom. The minimum Gasteiger partial charge on any atom is -0.481 e. The first kappa shape index (κ1) is 16.3. The van der Waals surface area contributed by atoms with E-state index in [0.717, 1.165) is 18.4 Å². The average Bonchev–Trinajstić information content (AvgIpc) is 3.00. The van der Waals surface area contributed by atoms with Crippen LogP contribution in [0.5, 0.6) is 0 Å². The van der Waals surface area contributed by atoms with Gasteiger partial charge in [-0.3, -0.25) is 4.79 Å². The largest absolute Gasteiger partial charge is 0.481 e. The number of rotatable bonds is 6. The minimum atomic E-state index is -0.913. The number of benzene rings is 1. The van der Waals surface area contributed by atoms with E-state index in [9.17, 15) is 9.59 Å². The van der Waals surface area contributed by atoms with Gasteiger partial charge >= 0.3 is 12.0 Å². The number of nitrogens with one attached hydrogen (secondary N) is 1. The number of hydrogen-bond donors (Lipinski definition) is 2. The van der Waals surface area contributed by atoms with E-state index in [1.165, 1.54) is 4.90 Å². The van der Waals surface area contributed by atoms with Gasteiger partial charge < -0.3 is 20.1 Å². The second kappa shape index (κ2) is 7.79. The molecular formula is C16H22N2O4. The van der Waals surface area contributed by atoms with Crippen molar-refractivity contribution >= 4 is 12.0 Å². The van der Waals surface area contributed by atoms with E-state index in [-0.39, 0.29) is 31.2 Å². The third-order valence-corrected chi connectivity index (χ3v) is 3.77. The number of carbonyl (C=O) groups is 2. The van der Waals surface area contributed by atoms with Crippen molar-refractivity contribution in [2.75, 3.05) is 20.1 Å². The van der Waals surface area contributed by atoms with Gasteiger partial charge in [-0.2, -0.15) is 0 Å². The van der Waals surface area contributed by atoms with Crippen LogP contribution in [0.4, 0.5) is 4.79 Å². The van der Waals surface area contributed by atoms with Crippen molar-refractivity contribution in [3.63, 3.8) is 0 Å². The highest BCUT2D eigenvalue weighted by Gasteiger charge is 2.26. The Kier molecular flexibility index (Phi) is 5.77. The van der Waals surface area contributed by atoms with Gasteiger partial charge in [0.05, 0.1) is 18.6 Å². The molecule has 1 aliphatic rings. The predicted octanol–water partition coefficient (Wildman–Crippen LogP) is 2.02. The lowest BCUT2D eigenvalue weighted by atomic mass is 10.1. The summed E-state index contributed by atoms with van der Waals surface area (Å²) in [6.07, 6.45) is 1.88. The zero-order valence-electron chi connectivity index (χ0n) is 12.7. The second-order valence-corrected chi connectivity index (χ2v) is 5.49. The SMILES string of the molecule is CN(CCC(=O)O)C(=O)NC[C@H]1CC[C@@H](c2ccccc2)O1. The summed E-state index contributed by atoms with van der Waals surface area (Å²) in [7, 11) is 1.58. The van der Waals surface area contributed by atoms with Crippen LogP contribution in [0.1, 0.15) is 30.9 Å². The third-order valence-electron chi connectivity index (χ3n) is 3.77. The lowest BCUT2D eigenvalue weighted by molar-refractivity contribution is -0.137. The summed E-state index contributed by atoms with van der Waals surface area (Å²) in [4.78, 5) is 23.7. The summed E-state index contributed by atoms with van der Waals surface area (Å²) in [6, 6.07) is 9.78. The zero-order valence-corrected chi connectivity index (χ0v) is 12.7. The highest BCUT2D eigenvalue weighted by Crippen LogP contribution is 2.32. The van der Waals surface area contributed by atoms with Crippen molar-refractivity contribution in [3.8, 4) is 0 Å². The molecule has 0 spiro atoms. The fourth-order valence-electron chi connectivity index (χ4n) is 2.47. The Labute approximate surface area is 130 Å². The van der Waals surface area contributed by atoms with Crippen LogP contribution in [0.3, 0.4) is 0 Å². The maximum atomic E-state index is 11.8. The van der Waals surface area contributed by atoms with Crippen LogP contribution in [-0.4, -0.2) is 48.2 Å². The molecule has 2 amide bonds. The van der Waals surface area contributed by atoms with E-state index >= 15 is 0 Å². The van der Waals surface area contributed by atoms with Crippen molar-refractivity contribution in [2.45, 2.75) is 31.5 Å². The maximum Gasteiger partial charge on any atom is 0.317 e. The fourth-order valence-corrected chi connectivity index (χ4v) is 2.47. The third kappa shape index (κ3) is 4.73. The highest BCUT2D eigenvalue weighted by molar-refractivity contribution is 5.75. The predicted molar refractivity (Wildman–Crippen MR) is 81.6 cm³/mol. The molecule has 6 nitrogen and oxygen atoms in total. The quantitative estimate of drug-likeness (QED) is 0.843. The van der Waals surface area contributed by atoms with E-state index in [1.807, 2.05) is 30.3 Å². The number of carboxylic acids is 1. The van der Waals surface area contributed by atoms with Gasteiger partial charge in [0.25, 0.3) is 0 Å². The number of aliphatic carboxylic acids is 1. The monoisotopic (exact) mass is 306 g/mol. The standard InChI is InChI=1S/C16H22N2O4/c1-18(10-9-15(19)20)16(21)17-11-13-7-8-14(22-13)12-5-3-2-4-6-12/h2-6,13-14H,7-11H2,1H3,(H,17,21)(H,19,20)/t13-,14+/m1/s1. The smallest absolute Gasteiger partial charge is 0.317 e. The molecule has 2 atom stereocenters. The van der Waals surface area contributed by atoms with Gasteiger partial charge in [0.15, 0.2) is 0 Å². The Balaban J connectivity index is 1.72. The summed E-state index contributed by atoms with van der Waals surface area (Å²) in [5, 5.41) is 11.4. The molecule has 1 heterocycles. The summed E-state index contributed by atoms with van der Waals surface area (Å²) in [5.74, 6) is -0.913. The number of urea groups is 1. The van der Waals surface area contributed by atoms with Crippen LogP contribution in [0, 0.1) is 0 Å². The lowest BCUT2D eigenvalue weighted by Gasteiger charge is -2.19. The first-order valence-corrected chi connectivity index (χ1v) is 7.47. The number of ether oxygens (including phenoxy) is 1. The van der Waals surface area contributed by atoms with E-state index in [1.54, 1.807) is 7.05 Å². The molecule has 0 aliphatic carbocycles.